The number of nitrogens with zero attached hydrogens (tertiary/aromatic N) is 1. The maximum absolute atomic E-state index is 13.5. The van der Waals surface area contributed by atoms with Gasteiger partial charge < -0.3 is 10.1 Å². The van der Waals surface area contributed by atoms with E-state index in [1.165, 1.54) is 0 Å². The van der Waals surface area contributed by atoms with Crippen LogP contribution in [0.1, 0.15) is 44.7 Å². The lowest BCUT2D eigenvalue weighted by molar-refractivity contribution is -0.161. The highest BCUT2D eigenvalue weighted by Crippen LogP contribution is 2.64. The van der Waals surface area contributed by atoms with Crippen molar-refractivity contribution in [2.75, 3.05) is 18.5 Å². The Morgan fingerprint density at radius 2 is 2.23 bits per heavy atom. The van der Waals surface area contributed by atoms with Crippen LogP contribution in [-0.4, -0.2) is 36.0 Å². The van der Waals surface area contributed by atoms with Gasteiger partial charge in [-0.3, -0.25) is 14.5 Å². The first-order valence-electron chi connectivity index (χ1n) is 9.46. The van der Waals surface area contributed by atoms with Crippen molar-refractivity contribution >= 4 is 17.6 Å². The van der Waals surface area contributed by atoms with E-state index in [1.807, 2.05) is 45.9 Å². The predicted molar refractivity (Wildman–Crippen MR) is 99.7 cm³/mol. The highest BCUT2D eigenvalue weighted by Gasteiger charge is 2.74. The van der Waals surface area contributed by atoms with Crippen molar-refractivity contribution in [2.24, 2.45) is 5.41 Å². The van der Waals surface area contributed by atoms with Gasteiger partial charge in [-0.15, -0.1) is 0 Å². The van der Waals surface area contributed by atoms with Gasteiger partial charge in [-0.1, -0.05) is 23.8 Å². The molecule has 1 amide bonds. The van der Waals surface area contributed by atoms with Gasteiger partial charge in [0.05, 0.1) is 6.61 Å². The molecule has 1 spiro atoms. The molecule has 2 saturated heterocycles. The minimum absolute atomic E-state index is 0.103. The summed E-state index contributed by atoms with van der Waals surface area (Å²) in [4.78, 5) is 29.1. The number of amides is 1. The number of esters is 1. The van der Waals surface area contributed by atoms with Crippen LogP contribution in [0.25, 0.3) is 0 Å². The summed E-state index contributed by atoms with van der Waals surface area (Å²) in [5, 5.41) is 3.05. The van der Waals surface area contributed by atoms with E-state index in [1.54, 1.807) is 0 Å². The number of anilines is 1. The van der Waals surface area contributed by atoms with E-state index in [9.17, 15) is 9.59 Å². The molecule has 1 N–H and O–H groups in total. The summed E-state index contributed by atoms with van der Waals surface area (Å²) in [5.74, 6) is -0.426. The number of nitrogens with one attached hydrogen (secondary N) is 1. The zero-order chi connectivity index (χ0) is 18.7. The number of hydrogen-bond acceptors (Lipinski definition) is 4. The van der Waals surface area contributed by atoms with Crippen LogP contribution in [0.5, 0.6) is 0 Å². The summed E-state index contributed by atoms with van der Waals surface area (Å²) >= 11 is 0. The lowest BCUT2D eigenvalue weighted by Gasteiger charge is -2.41. The molecule has 0 radical (unpaired) electrons. The second kappa shape index (κ2) is 5.68. The Morgan fingerprint density at radius 3 is 2.92 bits per heavy atom. The van der Waals surface area contributed by atoms with Crippen LogP contribution >= 0.6 is 0 Å². The fourth-order valence-corrected chi connectivity index (χ4v) is 5.53. The summed E-state index contributed by atoms with van der Waals surface area (Å²) in [5.41, 5.74) is 1.73. The highest BCUT2D eigenvalue weighted by atomic mass is 16.5. The van der Waals surface area contributed by atoms with Crippen LogP contribution in [0.4, 0.5) is 5.69 Å². The minimum Gasteiger partial charge on any atom is -0.465 e. The Balaban J connectivity index is 2.05. The molecule has 138 valence electrons. The highest BCUT2D eigenvalue weighted by molar-refractivity contribution is 6.11. The summed E-state index contributed by atoms with van der Waals surface area (Å²) in [7, 11) is 0. The number of aryl methyl sites for hydroxylation is 1. The van der Waals surface area contributed by atoms with Crippen LogP contribution < -0.4 is 5.32 Å². The predicted octanol–water partition coefficient (Wildman–Crippen LogP) is 3.14. The largest absolute Gasteiger partial charge is 0.465 e. The Labute approximate surface area is 154 Å². The summed E-state index contributed by atoms with van der Waals surface area (Å²) in [6.07, 6.45) is 4.01. The number of carbonyl (C=O) groups is 2. The van der Waals surface area contributed by atoms with Gasteiger partial charge in [0.2, 0.25) is 0 Å². The molecule has 1 aromatic carbocycles. The Hall–Kier alpha value is -2.14. The fourth-order valence-electron chi connectivity index (χ4n) is 5.53. The van der Waals surface area contributed by atoms with Crippen molar-refractivity contribution in [3.05, 3.63) is 41.0 Å². The zero-order valence-corrected chi connectivity index (χ0v) is 15.9. The molecule has 0 aliphatic carbocycles. The number of rotatable bonds is 2. The molecule has 0 unspecified atom stereocenters. The van der Waals surface area contributed by atoms with Crippen LogP contribution in [0.3, 0.4) is 0 Å². The van der Waals surface area contributed by atoms with Crippen LogP contribution in [0, 0.1) is 12.3 Å². The van der Waals surface area contributed by atoms with E-state index in [0.717, 1.165) is 41.8 Å². The molecule has 5 heteroatoms. The van der Waals surface area contributed by atoms with Gasteiger partial charge in [-0.05, 0) is 52.2 Å². The summed E-state index contributed by atoms with van der Waals surface area (Å²) < 4.78 is 5.52. The van der Waals surface area contributed by atoms with Gasteiger partial charge >= 0.3 is 5.97 Å². The number of allylic oxidation sites excluding steroid dienone is 1. The first-order chi connectivity index (χ1) is 12.4. The third kappa shape index (κ3) is 1.79. The average Bonchev–Trinajstić information content (AvgIpc) is 3.23. The Bertz CT molecular complexity index is 831. The second-order valence-corrected chi connectivity index (χ2v) is 7.65. The van der Waals surface area contributed by atoms with E-state index in [-0.39, 0.29) is 17.9 Å². The summed E-state index contributed by atoms with van der Waals surface area (Å²) in [6, 6.07) is 6.10. The third-order valence-corrected chi connectivity index (χ3v) is 6.48. The second-order valence-electron chi connectivity index (χ2n) is 7.65. The van der Waals surface area contributed by atoms with Gasteiger partial charge in [0.1, 0.15) is 11.0 Å². The SMILES string of the molecule is C/C=C1/[C@H]2CCCN2[C@]2(C(=O)Nc3ccc(C)cc32)[C@@]1(C)C(=O)OCC. The first kappa shape index (κ1) is 17.3. The maximum Gasteiger partial charge on any atom is 0.318 e. The first-order valence-corrected chi connectivity index (χ1v) is 9.46. The Kier molecular flexibility index (Phi) is 3.77. The van der Waals surface area contributed by atoms with E-state index >= 15 is 0 Å². The van der Waals surface area contributed by atoms with Crippen molar-refractivity contribution < 1.29 is 14.3 Å². The fraction of sp³-hybridized carbons (Fsp3) is 0.524. The maximum atomic E-state index is 13.5. The third-order valence-electron chi connectivity index (χ3n) is 6.48. The Morgan fingerprint density at radius 1 is 1.46 bits per heavy atom. The molecule has 0 saturated carbocycles. The minimum atomic E-state index is -1.04. The molecule has 0 bridgehead atoms. The quantitative estimate of drug-likeness (QED) is 0.655. The molecule has 5 nitrogen and oxygen atoms in total. The molecule has 26 heavy (non-hydrogen) atoms. The van der Waals surface area contributed by atoms with Crippen LogP contribution in [0.15, 0.2) is 29.8 Å². The number of ether oxygens (including phenoxy) is 1. The molecular weight excluding hydrogens is 328 g/mol. The molecule has 3 atom stereocenters. The van der Waals surface area contributed by atoms with Crippen molar-refractivity contribution in [1.29, 1.82) is 0 Å². The molecule has 0 aromatic heterocycles. The number of carbonyl (C=O) groups excluding carboxylic acids is 2. The molecular formula is C21H26N2O3. The molecule has 3 heterocycles. The van der Waals surface area contributed by atoms with Crippen molar-refractivity contribution in [3.63, 3.8) is 0 Å². The smallest absolute Gasteiger partial charge is 0.318 e. The standard InChI is InChI=1S/C21H26N2O3/c1-5-14-17-8-7-11-23(17)21(20(14,4)19(25)26-6-2)15-12-13(3)9-10-16(15)22-18(21)24/h5,9-10,12,17H,6-8,11H2,1-4H3,(H,22,24)/b14-5-/t17-,20-,21-/m1/s1. The normalized spacial score (nSPS) is 34.2. The van der Waals surface area contributed by atoms with Gasteiger partial charge in [-0.2, -0.15) is 0 Å². The number of fused-ring (bicyclic) bond motifs is 4. The van der Waals surface area contributed by atoms with Crippen LogP contribution in [-0.2, 0) is 19.9 Å². The molecule has 2 fully saturated rings. The average molecular weight is 354 g/mol. The van der Waals surface area contributed by atoms with Crippen molar-refractivity contribution in [1.82, 2.24) is 4.90 Å². The number of hydrogen-bond donors (Lipinski definition) is 1. The van der Waals surface area contributed by atoms with Crippen molar-refractivity contribution in [2.45, 2.75) is 52.1 Å². The van der Waals surface area contributed by atoms with Crippen LogP contribution in [0.2, 0.25) is 0 Å². The van der Waals surface area contributed by atoms with E-state index in [4.69, 9.17) is 4.74 Å². The van der Waals surface area contributed by atoms with Gasteiger partial charge in [0.15, 0.2) is 0 Å². The topological polar surface area (TPSA) is 58.6 Å². The molecule has 4 rings (SSSR count). The van der Waals surface area contributed by atoms with E-state index in [0.29, 0.717) is 6.61 Å². The van der Waals surface area contributed by atoms with Crippen molar-refractivity contribution in [3.8, 4) is 0 Å². The molecule has 3 aliphatic heterocycles. The van der Waals surface area contributed by atoms with Gasteiger partial charge in [0.25, 0.3) is 5.91 Å². The summed E-state index contributed by atoms with van der Waals surface area (Å²) in [6.45, 7) is 8.80. The molecule has 3 aliphatic rings. The lowest BCUT2D eigenvalue weighted by Crippen LogP contribution is -2.58. The van der Waals surface area contributed by atoms with Gasteiger partial charge in [-0.25, -0.2) is 0 Å². The monoisotopic (exact) mass is 354 g/mol. The zero-order valence-electron chi connectivity index (χ0n) is 15.9. The number of benzene rings is 1. The van der Waals surface area contributed by atoms with Gasteiger partial charge in [0, 0.05) is 23.8 Å². The molecule has 1 aromatic rings. The lowest BCUT2D eigenvalue weighted by atomic mass is 9.64. The van der Waals surface area contributed by atoms with E-state index in [2.05, 4.69) is 16.3 Å². The van der Waals surface area contributed by atoms with E-state index < -0.39 is 11.0 Å².